The highest BCUT2D eigenvalue weighted by Crippen LogP contribution is 2.18. The van der Waals surface area contributed by atoms with Crippen LogP contribution in [0.2, 0.25) is 0 Å². The molecular weight excluding hydrogens is 267 g/mol. The van der Waals surface area contributed by atoms with E-state index in [9.17, 15) is 12.8 Å². The minimum atomic E-state index is -3.65. The molecule has 0 bridgehead atoms. The maximum Gasteiger partial charge on any atom is 0.242 e. The van der Waals surface area contributed by atoms with Crippen LogP contribution in [0.15, 0.2) is 23.1 Å². The van der Waals surface area contributed by atoms with Crippen molar-refractivity contribution in [3.8, 4) is 6.07 Å². The normalized spacial score (nSPS) is 11.5. The van der Waals surface area contributed by atoms with Crippen molar-refractivity contribution in [3.05, 3.63) is 29.6 Å². The van der Waals surface area contributed by atoms with Gasteiger partial charge in [0, 0.05) is 13.6 Å². The highest BCUT2D eigenvalue weighted by Gasteiger charge is 2.21. The first-order valence-electron chi connectivity index (χ1n) is 6.09. The van der Waals surface area contributed by atoms with E-state index in [0.29, 0.717) is 6.54 Å². The standard InChI is InChI=1S/C13H17FN2O2S/c1-3-4-5-8-16(2)19(17,18)12-6-7-13(14)11(9-12)10-15/h6-7,9H,3-5,8H2,1-2H3. The fraction of sp³-hybridized carbons (Fsp3) is 0.462. The summed E-state index contributed by atoms with van der Waals surface area (Å²) in [6.07, 6.45) is 2.73. The van der Waals surface area contributed by atoms with E-state index in [1.54, 1.807) is 6.07 Å². The molecule has 0 heterocycles. The Morgan fingerprint density at radius 2 is 2.05 bits per heavy atom. The molecule has 0 amide bonds. The third-order valence-electron chi connectivity index (χ3n) is 2.84. The maximum atomic E-state index is 13.2. The molecule has 6 heteroatoms. The fourth-order valence-electron chi connectivity index (χ4n) is 1.64. The molecule has 1 aromatic rings. The molecule has 1 aromatic carbocycles. The van der Waals surface area contributed by atoms with Gasteiger partial charge in [0.15, 0.2) is 0 Å². The van der Waals surface area contributed by atoms with Crippen LogP contribution in [0.1, 0.15) is 31.7 Å². The lowest BCUT2D eigenvalue weighted by Gasteiger charge is -2.17. The van der Waals surface area contributed by atoms with Gasteiger partial charge in [-0.15, -0.1) is 0 Å². The van der Waals surface area contributed by atoms with Crippen LogP contribution in [0.4, 0.5) is 4.39 Å². The summed E-state index contributed by atoms with van der Waals surface area (Å²) in [5.41, 5.74) is -0.261. The summed E-state index contributed by atoms with van der Waals surface area (Å²) < 4.78 is 38.8. The Morgan fingerprint density at radius 1 is 1.37 bits per heavy atom. The van der Waals surface area contributed by atoms with Crippen LogP contribution < -0.4 is 0 Å². The van der Waals surface area contributed by atoms with Crippen LogP contribution in [0.5, 0.6) is 0 Å². The van der Waals surface area contributed by atoms with Crippen molar-refractivity contribution in [2.75, 3.05) is 13.6 Å². The van der Waals surface area contributed by atoms with E-state index >= 15 is 0 Å². The Hall–Kier alpha value is -1.45. The van der Waals surface area contributed by atoms with E-state index in [0.717, 1.165) is 31.4 Å². The Labute approximate surface area is 113 Å². The number of benzene rings is 1. The van der Waals surface area contributed by atoms with Crippen molar-refractivity contribution in [1.82, 2.24) is 4.31 Å². The van der Waals surface area contributed by atoms with Crippen molar-refractivity contribution < 1.29 is 12.8 Å². The van der Waals surface area contributed by atoms with Gasteiger partial charge in [0.1, 0.15) is 11.9 Å². The lowest BCUT2D eigenvalue weighted by Crippen LogP contribution is -2.28. The first kappa shape index (κ1) is 15.6. The Morgan fingerprint density at radius 3 is 2.63 bits per heavy atom. The van der Waals surface area contributed by atoms with Crippen molar-refractivity contribution >= 4 is 10.0 Å². The molecule has 0 atom stereocenters. The number of hydrogen-bond acceptors (Lipinski definition) is 3. The van der Waals surface area contributed by atoms with Crippen LogP contribution in [0.3, 0.4) is 0 Å². The topological polar surface area (TPSA) is 61.2 Å². The van der Waals surface area contributed by atoms with E-state index in [-0.39, 0.29) is 10.5 Å². The molecule has 104 valence electrons. The highest BCUT2D eigenvalue weighted by atomic mass is 32.2. The Bertz CT molecular complexity index is 579. The number of sulfonamides is 1. The Balaban J connectivity index is 2.97. The number of hydrogen-bond donors (Lipinski definition) is 0. The monoisotopic (exact) mass is 284 g/mol. The summed E-state index contributed by atoms with van der Waals surface area (Å²) in [6, 6.07) is 4.90. The molecule has 0 unspecified atom stereocenters. The molecule has 0 fully saturated rings. The number of nitriles is 1. The molecule has 4 nitrogen and oxygen atoms in total. The van der Waals surface area contributed by atoms with Gasteiger partial charge in [0.2, 0.25) is 10.0 Å². The van der Waals surface area contributed by atoms with Gasteiger partial charge in [-0.25, -0.2) is 17.1 Å². The van der Waals surface area contributed by atoms with E-state index in [1.165, 1.54) is 17.4 Å². The summed E-state index contributed by atoms with van der Waals surface area (Å²) in [5, 5.41) is 8.72. The predicted octanol–water partition coefficient (Wildman–Crippen LogP) is 2.51. The zero-order valence-corrected chi connectivity index (χ0v) is 11.9. The van der Waals surface area contributed by atoms with Crippen molar-refractivity contribution in [3.63, 3.8) is 0 Å². The summed E-state index contributed by atoms with van der Waals surface area (Å²) >= 11 is 0. The van der Waals surface area contributed by atoms with Gasteiger partial charge in [0.05, 0.1) is 10.5 Å². The molecule has 0 saturated heterocycles. The van der Waals surface area contributed by atoms with Crippen molar-refractivity contribution in [2.24, 2.45) is 0 Å². The molecule has 0 saturated carbocycles. The quantitative estimate of drug-likeness (QED) is 0.754. The van der Waals surface area contributed by atoms with Crippen LogP contribution in [-0.4, -0.2) is 26.3 Å². The number of rotatable bonds is 6. The molecular formula is C13H17FN2O2S. The van der Waals surface area contributed by atoms with Crippen LogP contribution in [-0.2, 0) is 10.0 Å². The average molecular weight is 284 g/mol. The molecule has 0 radical (unpaired) electrons. The second-order valence-corrected chi connectivity index (χ2v) is 6.33. The predicted molar refractivity (Wildman–Crippen MR) is 70.5 cm³/mol. The van der Waals surface area contributed by atoms with Gasteiger partial charge in [-0.3, -0.25) is 0 Å². The van der Waals surface area contributed by atoms with Gasteiger partial charge in [-0.2, -0.15) is 5.26 Å². The van der Waals surface area contributed by atoms with Crippen LogP contribution in [0, 0.1) is 17.1 Å². The molecule has 0 aliphatic carbocycles. The van der Waals surface area contributed by atoms with Gasteiger partial charge in [-0.1, -0.05) is 19.8 Å². The van der Waals surface area contributed by atoms with Crippen LogP contribution in [0.25, 0.3) is 0 Å². The van der Waals surface area contributed by atoms with Crippen molar-refractivity contribution in [1.29, 1.82) is 5.26 Å². The largest absolute Gasteiger partial charge is 0.242 e. The second-order valence-electron chi connectivity index (χ2n) is 4.29. The smallest absolute Gasteiger partial charge is 0.207 e. The molecule has 1 rings (SSSR count). The SMILES string of the molecule is CCCCCN(C)S(=O)(=O)c1ccc(F)c(C#N)c1. The number of nitrogens with zero attached hydrogens (tertiary/aromatic N) is 2. The number of halogens is 1. The first-order chi connectivity index (χ1) is 8.93. The summed E-state index contributed by atoms with van der Waals surface area (Å²) in [5.74, 6) is -0.713. The molecule has 0 N–H and O–H groups in total. The second kappa shape index (κ2) is 6.64. The van der Waals surface area contributed by atoms with Gasteiger partial charge in [-0.05, 0) is 24.6 Å². The van der Waals surface area contributed by atoms with Crippen LogP contribution >= 0.6 is 0 Å². The minimum Gasteiger partial charge on any atom is -0.207 e. The number of unbranched alkanes of at least 4 members (excludes halogenated alkanes) is 2. The third kappa shape index (κ3) is 3.75. The molecule has 0 aliphatic heterocycles. The third-order valence-corrected chi connectivity index (χ3v) is 4.70. The average Bonchev–Trinajstić information content (AvgIpc) is 2.39. The van der Waals surface area contributed by atoms with E-state index < -0.39 is 15.8 Å². The lowest BCUT2D eigenvalue weighted by atomic mass is 10.2. The molecule has 0 spiro atoms. The highest BCUT2D eigenvalue weighted by molar-refractivity contribution is 7.89. The zero-order chi connectivity index (χ0) is 14.5. The van der Waals surface area contributed by atoms with E-state index in [4.69, 9.17) is 5.26 Å². The fourth-order valence-corrected chi connectivity index (χ4v) is 2.87. The summed E-state index contributed by atoms with van der Waals surface area (Å²) in [6.45, 7) is 2.45. The first-order valence-corrected chi connectivity index (χ1v) is 7.53. The molecule has 0 aromatic heterocycles. The van der Waals surface area contributed by atoms with Gasteiger partial charge >= 0.3 is 0 Å². The maximum absolute atomic E-state index is 13.2. The van der Waals surface area contributed by atoms with Gasteiger partial charge < -0.3 is 0 Å². The Kier molecular flexibility index (Phi) is 5.45. The molecule has 0 aliphatic rings. The molecule has 19 heavy (non-hydrogen) atoms. The lowest BCUT2D eigenvalue weighted by molar-refractivity contribution is 0.454. The van der Waals surface area contributed by atoms with Crippen molar-refractivity contribution in [2.45, 2.75) is 31.1 Å². The zero-order valence-electron chi connectivity index (χ0n) is 11.1. The minimum absolute atomic E-state index is 0.0514. The van der Waals surface area contributed by atoms with Gasteiger partial charge in [0.25, 0.3) is 0 Å². The summed E-state index contributed by atoms with van der Waals surface area (Å²) in [7, 11) is -2.17. The van der Waals surface area contributed by atoms with E-state index in [1.807, 2.05) is 6.92 Å². The van der Waals surface area contributed by atoms with E-state index in [2.05, 4.69) is 0 Å². The summed E-state index contributed by atoms with van der Waals surface area (Å²) in [4.78, 5) is -0.0514.